The fourth-order valence-electron chi connectivity index (χ4n) is 2.55. The first kappa shape index (κ1) is 15.3. The Morgan fingerprint density at radius 1 is 1.22 bits per heavy atom. The molecule has 0 atom stereocenters. The number of nitrogens with zero attached hydrogens (tertiary/aromatic N) is 2. The Morgan fingerprint density at radius 2 is 1.96 bits per heavy atom. The van der Waals surface area contributed by atoms with Gasteiger partial charge < -0.3 is 20.1 Å². The van der Waals surface area contributed by atoms with Crippen LogP contribution >= 0.6 is 0 Å². The molecule has 6 heteroatoms. The van der Waals surface area contributed by atoms with Crippen molar-refractivity contribution < 1.29 is 19.2 Å². The highest BCUT2D eigenvalue weighted by molar-refractivity contribution is 5.89. The second-order valence-corrected chi connectivity index (χ2v) is 5.43. The maximum absolute atomic E-state index is 12.0. The van der Waals surface area contributed by atoms with E-state index in [2.05, 4.69) is 10.2 Å². The molecule has 0 spiro atoms. The second-order valence-electron chi connectivity index (χ2n) is 5.43. The van der Waals surface area contributed by atoms with Gasteiger partial charge in [-0.1, -0.05) is 0 Å². The van der Waals surface area contributed by atoms with E-state index in [0.717, 1.165) is 37.7 Å². The Morgan fingerprint density at radius 3 is 2.65 bits per heavy atom. The number of carbonyl (C=O) groups excluding carboxylic acids is 1. The zero-order chi connectivity index (χ0) is 16.1. The Hall–Kier alpha value is -2.60. The summed E-state index contributed by atoms with van der Waals surface area (Å²) in [5.41, 5.74) is 1.89. The molecular formula is C17H20N3O3+. The van der Waals surface area contributed by atoms with E-state index in [1.54, 1.807) is 22.9 Å². The van der Waals surface area contributed by atoms with Gasteiger partial charge in [-0.25, -0.2) is 0 Å². The lowest BCUT2D eigenvalue weighted by Crippen LogP contribution is -2.39. The molecule has 1 aromatic carbocycles. The van der Waals surface area contributed by atoms with Crippen LogP contribution in [0.3, 0.4) is 0 Å². The molecule has 2 heterocycles. The topological polar surface area (TPSA) is 65.7 Å². The minimum atomic E-state index is -0.139. The number of ether oxygens (including phenoxy) is 1. The summed E-state index contributed by atoms with van der Waals surface area (Å²) in [4.78, 5) is 14.3. The summed E-state index contributed by atoms with van der Waals surface area (Å²) in [6.45, 7) is 3.43. The van der Waals surface area contributed by atoms with E-state index < -0.39 is 0 Å². The Labute approximate surface area is 134 Å². The van der Waals surface area contributed by atoms with Crippen LogP contribution in [0.25, 0.3) is 0 Å². The molecule has 1 fully saturated rings. The molecule has 0 aliphatic carbocycles. The maximum Gasteiger partial charge on any atom is 0.290 e. The summed E-state index contributed by atoms with van der Waals surface area (Å²) < 4.78 is 6.98. The van der Waals surface area contributed by atoms with Crippen LogP contribution in [-0.4, -0.2) is 37.3 Å². The number of morpholine rings is 1. The van der Waals surface area contributed by atoms with E-state index in [9.17, 15) is 9.90 Å². The van der Waals surface area contributed by atoms with Crippen LogP contribution in [0, 0.1) is 0 Å². The minimum absolute atomic E-state index is 0.134. The summed E-state index contributed by atoms with van der Waals surface area (Å²) in [6, 6.07) is 11.1. The fraction of sp³-hybridized carbons (Fsp3) is 0.294. The van der Waals surface area contributed by atoms with Crippen molar-refractivity contribution >= 4 is 17.3 Å². The molecule has 1 aliphatic rings. The molecule has 0 saturated carbocycles. The molecule has 2 aromatic rings. The summed E-state index contributed by atoms with van der Waals surface area (Å²) >= 11 is 0. The first-order valence-electron chi connectivity index (χ1n) is 7.61. The summed E-state index contributed by atoms with van der Waals surface area (Å²) in [5.74, 6) is -0.00473. The molecule has 1 amide bonds. The molecule has 2 N–H and O–H groups in total. The molecule has 1 aliphatic heterocycles. The van der Waals surface area contributed by atoms with Crippen molar-refractivity contribution in [1.82, 2.24) is 0 Å². The van der Waals surface area contributed by atoms with Crippen molar-refractivity contribution in [2.24, 2.45) is 0 Å². The minimum Gasteiger partial charge on any atom is -0.503 e. The van der Waals surface area contributed by atoms with Crippen LogP contribution < -0.4 is 14.8 Å². The van der Waals surface area contributed by atoms with Gasteiger partial charge in [0.15, 0.2) is 11.9 Å². The molecule has 3 rings (SSSR count). The van der Waals surface area contributed by atoms with Crippen molar-refractivity contribution in [3.05, 3.63) is 48.8 Å². The largest absolute Gasteiger partial charge is 0.503 e. The van der Waals surface area contributed by atoms with Crippen molar-refractivity contribution in [1.29, 1.82) is 0 Å². The van der Waals surface area contributed by atoms with Gasteiger partial charge in [0.25, 0.3) is 5.91 Å². The number of benzene rings is 1. The molecule has 6 nitrogen and oxygen atoms in total. The molecular weight excluding hydrogens is 294 g/mol. The molecule has 0 unspecified atom stereocenters. The van der Waals surface area contributed by atoms with E-state index >= 15 is 0 Å². The third kappa shape index (κ3) is 4.20. The van der Waals surface area contributed by atoms with Gasteiger partial charge in [-0.2, -0.15) is 4.57 Å². The summed E-state index contributed by atoms with van der Waals surface area (Å²) in [6.07, 6.45) is 3.25. The van der Waals surface area contributed by atoms with Gasteiger partial charge in [0, 0.05) is 30.5 Å². The number of pyridine rings is 1. The van der Waals surface area contributed by atoms with Crippen LogP contribution in [0.15, 0.2) is 48.8 Å². The zero-order valence-corrected chi connectivity index (χ0v) is 12.8. The normalized spacial score (nSPS) is 14.5. The van der Waals surface area contributed by atoms with Crippen molar-refractivity contribution in [2.75, 3.05) is 36.5 Å². The molecule has 1 aromatic heterocycles. The number of aromatic nitrogens is 1. The van der Waals surface area contributed by atoms with Gasteiger partial charge in [-0.05, 0) is 30.3 Å². The molecule has 0 radical (unpaired) electrons. The van der Waals surface area contributed by atoms with Gasteiger partial charge in [-0.3, -0.25) is 4.79 Å². The van der Waals surface area contributed by atoms with Gasteiger partial charge in [0.2, 0.25) is 12.7 Å². The number of amides is 1. The van der Waals surface area contributed by atoms with Crippen LogP contribution in [-0.2, 0) is 16.1 Å². The molecule has 120 valence electrons. The average molecular weight is 314 g/mol. The number of rotatable bonds is 4. The number of hydrogen-bond acceptors (Lipinski definition) is 4. The Bertz CT molecular complexity index is 667. The molecule has 23 heavy (non-hydrogen) atoms. The number of nitrogens with one attached hydrogen (secondary N) is 1. The van der Waals surface area contributed by atoms with E-state index in [1.165, 1.54) is 6.20 Å². The summed E-state index contributed by atoms with van der Waals surface area (Å²) in [7, 11) is 0. The number of aromatic hydroxyl groups is 1. The number of hydrogen-bond donors (Lipinski definition) is 2. The van der Waals surface area contributed by atoms with Crippen LogP contribution in [0.1, 0.15) is 0 Å². The highest BCUT2D eigenvalue weighted by Gasteiger charge is 2.12. The van der Waals surface area contributed by atoms with Crippen LogP contribution in [0.5, 0.6) is 5.75 Å². The second kappa shape index (κ2) is 7.11. The maximum atomic E-state index is 12.0. The van der Waals surface area contributed by atoms with Crippen molar-refractivity contribution in [3.63, 3.8) is 0 Å². The summed E-state index contributed by atoms with van der Waals surface area (Å²) in [5, 5.41) is 12.3. The zero-order valence-electron chi connectivity index (χ0n) is 12.8. The first-order valence-corrected chi connectivity index (χ1v) is 7.61. The van der Waals surface area contributed by atoms with Gasteiger partial charge in [-0.15, -0.1) is 0 Å². The average Bonchev–Trinajstić information content (AvgIpc) is 2.56. The van der Waals surface area contributed by atoms with E-state index in [0.29, 0.717) is 0 Å². The van der Waals surface area contributed by atoms with Crippen LogP contribution in [0.2, 0.25) is 0 Å². The predicted molar refractivity (Wildman–Crippen MR) is 86.4 cm³/mol. The quantitative estimate of drug-likeness (QED) is 0.831. The highest BCUT2D eigenvalue weighted by Crippen LogP contribution is 2.18. The number of anilines is 2. The first-order chi connectivity index (χ1) is 11.2. The standard InChI is InChI=1S/C17H19N3O3/c21-16-2-1-7-19(12-16)13-17(22)18-14-3-5-15(6-4-14)20-8-10-23-11-9-20/h1-7,12H,8-11,13H2,(H-,18,21,22)/p+1. The Kier molecular flexibility index (Phi) is 4.73. The number of carbonyl (C=O) groups is 1. The third-order valence-corrected chi connectivity index (χ3v) is 3.70. The lowest BCUT2D eigenvalue weighted by atomic mass is 10.2. The predicted octanol–water partition coefficient (Wildman–Crippen LogP) is 1.15. The van der Waals surface area contributed by atoms with Crippen molar-refractivity contribution in [2.45, 2.75) is 6.54 Å². The molecule has 0 bridgehead atoms. The van der Waals surface area contributed by atoms with Gasteiger partial charge >= 0.3 is 0 Å². The van der Waals surface area contributed by atoms with Gasteiger partial charge in [0.05, 0.1) is 13.2 Å². The smallest absolute Gasteiger partial charge is 0.290 e. The highest BCUT2D eigenvalue weighted by atomic mass is 16.5. The Balaban J connectivity index is 1.58. The third-order valence-electron chi connectivity index (χ3n) is 3.70. The lowest BCUT2D eigenvalue weighted by molar-refractivity contribution is -0.684. The van der Waals surface area contributed by atoms with E-state index in [1.807, 2.05) is 24.3 Å². The van der Waals surface area contributed by atoms with E-state index in [-0.39, 0.29) is 18.2 Å². The lowest BCUT2D eigenvalue weighted by Gasteiger charge is -2.28. The monoisotopic (exact) mass is 314 g/mol. The fourth-order valence-corrected chi connectivity index (χ4v) is 2.55. The van der Waals surface area contributed by atoms with Crippen LogP contribution in [0.4, 0.5) is 11.4 Å². The van der Waals surface area contributed by atoms with E-state index in [4.69, 9.17) is 4.74 Å². The van der Waals surface area contributed by atoms with Crippen molar-refractivity contribution in [3.8, 4) is 5.75 Å². The SMILES string of the molecule is O=C(C[n+]1cccc(O)c1)Nc1ccc(N2CCOCC2)cc1. The van der Waals surface area contributed by atoms with Gasteiger partial charge in [0.1, 0.15) is 0 Å². The molecule has 1 saturated heterocycles.